The van der Waals surface area contributed by atoms with Crippen molar-refractivity contribution < 1.29 is 9.90 Å². The van der Waals surface area contributed by atoms with Gasteiger partial charge in [0.25, 0.3) is 0 Å². The van der Waals surface area contributed by atoms with Crippen LogP contribution >= 0.6 is 11.8 Å². The molecule has 2 atom stereocenters. The fraction of sp³-hybridized carbons (Fsp3) is 0.889. The average Bonchev–Trinajstić information content (AvgIpc) is 2.02. The molecule has 0 spiro atoms. The molecule has 0 aromatic carbocycles. The van der Waals surface area contributed by atoms with Gasteiger partial charge in [-0.2, -0.15) is 11.8 Å². The van der Waals surface area contributed by atoms with E-state index in [1.807, 2.05) is 13.2 Å². The largest absolute Gasteiger partial charge is 0.395 e. The summed E-state index contributed by atoms with van der Waals surface area (Å²) in [7, 11) is 0. The molecule has 1 fully saturated rings. The lowest BCUT2D eigenvalue weighted by Crippen LogP contribution is -2.54. The second-order valence-corrected chi connectivity index (χ2v) is 4.69. The van der Waals surface area contributed by atoms with E-state index < -0.39 is 0 Å². The number of nitrogens with one attached hydrogen (secondary N) is 2. The van der Waals surface area contributed by atoms with Crippen molar-refractivity contribution in [3.63, 3.8) is 0 Å². The highest BCUT2D eigenvalue weighted by Gasteiger charge is 2.27. The number of hydrogen-bond donors (Lipinski definition) is 3. The summed E-state index contributed by atoms with van der Waals surface area (Å²) < 4.78 is 0. The van der Waals surface area contributed by atoms with Gasteiger partial charge in [0.1, 0.15) is 0 Å². The van der Waals surface area contributed by atoms with E-state index in [0.717, 1.165) is 13.1 Å². The maximum absolute atomic E-state index is 11.5. The number of aliphatic hydroxyl groups excluding tert-OH is 1. The Morgan fingerprint density at radius 2 is 2.36 bits per heavy atom. The lowest BCUT2D eigenvalue weighted by molar-refractivity contribution is -0.127. The summed E-state index contributed by atoms with van der Waals surface area (Å²) >= 11 is 1.58. The third kappa shape index (κ3) is 2.87. The van der Waals surface area contributed by atoms with Crippen molar-refractivity contribution in [1.29, 1.82) is 0 Å². The second kappa shape index (κ2) is 5.58. The zero-order chi connectivity index (χ0) is 10.6. The molecular weight excluding hydrogens is 200 g/mol. The van der Waals surface area contributed by atoms with Crippen LogP contribution in [0.2, 0.25) is 0 Å². The first kappa shape index (κ1) is 11.8. The second-order valence-electron chi connectivity index (χ2n) is 3.61. The molecule has 0 aromatic rings. The number of thioether (sulfide) groups is 1. The Labute approximate surface area is 88.8 Å². The Morgan fingerprint density at radius 3 is 2.71 bits per heavy atom. The fourth-order valence-electron chi connectivity index (χ4n) is 1.35. The van der Waals surface area contributed by atoms with E-state index in [0.29, 0.717) is 0 Å². The molecule has 0 aromatic heterocycles. The quantitative estimate of drug-likeness (QED) is 0.578. The predicted molar refractivity (Wildman–Crippen MR) is 58.4 cm³/mol. The number of aliphatic hydroxyl groups is 1. The van der Waals surface area contributed by atoms with Crippen LogP contribution in [0.1, 0.15) is 6.92 Å². The molecule has 0 aliphatic carbocycles. The summed E-state index contributed by atoms with van der Waals surface area (Å²) in [5.41, 5.74) is 0. The van der Waals surface area contributed by atoms with Gasteiger partial charge in [0.15, 0.2) is 0 Å². The molecule has 2 unspecified atom stereocenters. The molecule has 1 amide bonds. The molecule has 0 radical (unpaired) electrons. The Bertz CT molecular complexity index is 193. The van der Waals surface area contributed by atoms with Gasteiger partial charge in [0, 0.05) is 24.4 Å². The predicted octanol–water partition coefficient (Wildman–Crippen LogP) is -0.566. The minimum atomic E-state index is 0.0306. The third-order valence-electron chi connectivity index (χ3n) is 2.56. The first-order valence-corrected chi connectivity index (χ1v) is 6.12. The molecule has 0 bridgehead atoms. The van der Waals surface area contributed by atoms with Crippen LogP contribution in [0.5, 0.6) is 0 Å². The molecule has 1 saturated heterocycles. The Balaban J connectivity index is 2.30. The van der Waals surface area contributed by atoms with E-state index in [4.69, 9.17) is 5.11 Å². The van der Waals surface area contributed by atoms with Crippen molar-refractivity contribution in [1.82, 2.24) is 10.6 Å². The summed E-state index contributed by atoms with van der Waals surface area (Å²) in [6, 6.07) is 0.0306. The van der Waals surface area contributed by atoms with Crippen molar-refractivity contribution >= 4 is 17.7 Å². The summed E-state index contributed by atoms with van der Waals surface area (Å²) in [4.78, 5) is 11.5. The van der Waals surface area contributed by atoms with Gasteiger partial charge in [-0.1, -0.05) is 0 Å². The van der Waals surface area contributed by atoms with Crippen molar-refractivity contribution in [2.75, 3.05) is 26.0 Å². The maximum Gasteiger partial charge on any atom is 0.225 e. The zero-order valence-electron chi connectivity index (χ0n) is 8.62. The van der Waals surface area contributed by atoms with Gasteiger partial charge in [0.2, 0.25) is 5.91 Å². The summed E-state index contributed by atoms with van der Waals surface area (Å²) in [6.45, 7) is 3.59. The topological polar surface area (TPSA) is 61.4 Å². The van der Waals surface area contributed by atoms with Gasteiger partial charge in [-0.3, -0.25) is 4.79 Å². The Kier molecular flexibility index (Phi) is 4.71. The number of rotatable bonds is 5. The standard InChI is InChI=1S/C9H18N2O2S/c1-6(8(5-12)14-2)11-9(13)7-3-10-4-7/h6-8,10,12H,3-5H2,1-2H3,(H,11,13). The third-order valence-corrected chi connectivity index (χ3v) is 3.73. The molecule has 82 valence electrons. The van der Waals surface area contributed by atoms with Crippen LogP contribution in [0.3, 0.4) is 0 Å². The summed E-state index contributed by atoms with van der Waals surface area (Å²) in [6.07, 6.45) is 1.94. The Hall–Kier alpha value is -0.260. The molecule has 3 N–H and O–H groups in total. The van der Waals surface area contributed by atoms with Gasteiger partial charge < -0.3 is 15.7 Å². The van der Waals surface area contributed by atoms with E-state index in [1.54, 1.807) is 11.8 Å². The van der Waals surface area contributed by atoms with E-state index in [9.17, 15) is 4.79 Å². The van der Waals surface area contributed by atoms with Gasteiger partial charge in [-0.05, 0) is 13.2 Å². The first-order valence-electron chi connectivity index (χ1n) is 4.83. The lowest BCUT2D eigenvalue weighted by atomic mass is 10.0. The van der Waals surface area contributed by atoms with Crippen LogP contribution < -0.4 is 10.6 Å². The SMILES string of the molecule is CSC(CO)C(C)NC(=O)C1CNC1. The van der Waals surface area contributed by atoms with Gasteiger partial charge in [-0.15, -0.1) is 0 Å². The lowest BCUT2D eigenvalue weighted by Gasteiger charge is -2.29. The fourth-order valence-corrected chi connectivity index (χ4v) is 1.97. The van der Waals surface area contributed by atoms with Crippen LogP contribution in [-0.2, 0) is 4.79 Å². The summed E-state index contributed by atoms with van der Waals surface area (Å²) in [5, 5.41) is 15.1. The molecular formula is C9H18N2O2S. The van der Waals surface area contributed by atoms with Crippen molar-refractivity contribution in [3.05, 3.63) is 0 Å². The van der Waals surface area contributed by atoms with Crippen LogP contribution in [-0.4, -0.2) is 48.3 Å². The van der Waals surface area contributed by atoms with E-state index in [1.165, 1.54) is 0 Å². The van der Waals surface area contributed by atoms with E-state index >= 15 is 0 Å². The number of hydrogen-bond acceptors (Lipinski definition) is 4. The highest BCUT2D eigenvalue weighted by molar-refractivity contribution is 7.99. The molecule has 1 rings (SSSR count). The Morgan fingerprint density at radius 1 is 1.71 bits per heavy atom. The zero-order valence-corrected chi connectivity index (χ0v) is 9.43. The average molecular weight is 218 g/mol. The van der Waals surface area contributed by atoms with Crippen molar-refractivity contribution in [2.45, 2.75) is 18.2 Å². The molecule has 5 heteroatoms. The normalized spacial score (nSPS) is 21.1. The van der Waals surface area contributed by atoms with Crippen molar-refractivity contribution in [3.8, 4) is 0 Å². The van der Waals surface area contributed by atoms with E-state index in [-0.39, 0.29) is 29.7 Å². The minimum absolute atomic E-state index is 0.0306. The monoisotopic (exact) mass is 218 g/mol. The first-order chi connectivity index (χ1) is 6.69. The molecule has 1 aliphatic rings. The number of carbonyl (C=O) groups is 1. The van der Waals surface area contributed by atoms with E-state index in [2.05, 4.69) is 10.6 Å². The molecule has 1 heterocycles. The van der Waals surface area contributed by atoms with Gasteiger partial charge >= 0.3 is 0 Å². The van der Waals surface area contributed by atoms with Gasteiger partial charge in [0.05, 0.1) is 12.5 Å². The highest BCUT2D eigenvalue weighted by atomic mass is 32.2. The maximum atomic E-state index is 11.5. The smallest absolute Gasteiger partial charge is 0.225 e. The van der Waals surface area contributed by atoms with Crippen LogP contribution in [0.15, 0.2) is 0 Å². The van der Waals surface area contributed by atoms with Crippen LogP contribution in [0, 0.1) is 5.92 Å². The van der Waals surface area contributed by atoms with Crippen LogP contribution in [0.4, 0.5) is 0 Å². The van der Waals surface area contributed by atoms with Gasteiger partial charge in [-0.25, -0.2) is 0 Å². The van der Waals surface area contributed by atoms with Crippen molar-refractivity contribution in [2.24, 2.45) is 5.92 Å². The molecule has 14 heavy (non-hydrogen) atoms. The molecule has 0 saturated carbocycles. The molecule has 1 aliphatic heterocycles. The highest BCUT2D eigenvalue weighted by Crippen LogP contribution is 2.11. The molecule has 4 nitrogen and oxygen atoms in total. The minimum Gasteiger partial charge on any atom is -0.395 e. The van der Waals surface area contributed by atoms with Crippen LogP contribution in [0.25, 0.3) is 0 Å². The summed E-state index contributed by atoms with van der Waals surface area (Å²) in [5.74, 6) is 0.224. The number of carbonyl (C=O) groups excluding carboxylic acids is 1. The number of amides is 1.